The van der Waals surface area contributed by atoms with E-state index >= 15 is 0 Å². The van der Waals surface area contributed by atoms with Gasteiger partial charge in [0, 0.05) is 36.8 Å². The molecule has 1 saturated heterocycles. The Morgan fingerprint density at radius 1 is 1.14 bits per heavy atom. The lowest BCUT2D eigenvalue weighted by molar-refractivity contribution is -0.156. The molecule has 10 heteroatoms. The zero-order valence-corrected chi connectivity index (χ0v) is 20.8. The second-order valence-corrected chi connectivity index (χ2v) is 10.7. The number of nitrogens with zero attached hydrogens (tertiary/aromatic N) is 3. The van der Waals surface area contributed by atoms with Gasteiger partial charge in [-0.2, -0.15) is 0 Å². The highest BCUT2D eigenvalue weighted by Gasteiger charge is 2.69. The van der Waals surface area contributed by atoms with Crippen molar-refractivity contribution in [1.29, 1.82) is 0 Å². The van der Waals surface area contributed by atoms with Crippen molar-refractivity contribution in [2.75, 3.05) is 19.7 Å². The normalized spacial score (nSPS) is 23.9. The molecule has 3 aromatic rings. The molecule has 4 aliphatic rings. The largest absolute Gasteiger partial charge is 0.484 e. The molecule has 0 atom stereocenters. The number of halogens is 2. The van der Waals surface area contributed by atoms with Crippen LogP contribution in [0.5, 0.6) is 5.75 Å². The third-order valence-corrected chi connectivity index (χ3v) is 7.89. The number of amides is 2. The van der Waals surface area contributed by atoms with Crippen LogP contribution in [0.25, 0.3) is 0 Å². The van der Waals surface area contributed by atoms with Crippen molar-refractivity contribution < 1.29 is 23.5 Å². The average Bonchev–Trinajstić information content (AvgIpc) is 3.29. The number of rotatable bonds is 8. The van der Waals surface area contributed by atoms with E-state index in [1.807, 2.05) is 36.7 Å². The van der Waals surface area contributed by atoms with Gasteiger partial charge in [-0.25, -0.2) is 14.2 Å². The fraction of sp³-hybridized carbons (Fsp3) is 0.370. The summed E-state index contributed by atoms with van der Waals surface area (Å²) in [6.07, 6.45) is 6.12. The standard InChI is InChI=1S/C27H26ClFN4O4/c28-21-7-6-20(8-22(21)29)36-13-24(34)31-26-14-27(15-26,16-26)33-11-23(30-17-33)19-9-32(10-19)25(35)37-12-18-4-2-1-3-5-18/h1-8,11,17,19H,9-10,12-16H2,(H,31,34). The Bertz CT molecular complexity index is 1320. The Labute approximate surface area is 218 Å². The minimum absolute atomic E-state index is 0.00889. The minimum Gasteiger partial charge on any atom is -0.484 e. The number of ether oxygens (including phenoxy) is 2. The molecular formula is C27H26ClFN4O4. The van der Waals surface area contributed by atoms with Crippen molar-refractivity contribution in [3.63, 3.8) is 0 Å². The molecule has 0 unspecified atom stereocenters. The molecule has 1 N–H and O–H groups in total. The summed E-state index contributed by atoms with van der Waals surface area (Å²) in [5.41, 5.74) is 1.70. The lowest BCUT2D eigenvalue weighted by Crippen LogP contribution is -2.78. The number of hydrogen-bond donors (Lipinski definition) is 1. The van der Waals surface area contributed by atoms with Gasteiger partial charge in [0.05, 0.1) is 22.6 Å². The molecule has 3 saturated carbocycles. The molecule has 2 amide bonds. The monoisotopic (exact) mass is 524 g/mol. The SMILES string of the molecule is O=C(COc1ccc(Cl)c(F)c1)NC12CC(n3cnc(C4CN(C(=O)OCc5ccccc5)C4)c3)(C1)C2. The van der Waals surface area contributed by atoms with Crippen LogP contribution in [-0.2, 0) is 21.7 Å². The van der Waals surface area contributed by atoms with Gasteiger partial charge in [0.15, 0.2) is 6.61 Å². The maximum Gasteiger partial charge on any atom is 0.410 e. The highest BCUT2D eigenvalue weighted by atomic mass is 35.5. The van der Waals surface area contributed by atoms with Crippen LogP contribution in [0, 0.1) is 5.82 Å². The van der Waals surface area contributed by atoms with Crippen LogP contribution in [0.2, 0.25) is 5.02 Å². The first-order valence-electron chi connectivity index (χ1n) is 12.2. The van der Waals surface area contributed by atoms with Crippen LogP contribution in [0.4, 0.5) is 9.18 Å². The Kier molecular flexibility index (Phi) is 5.82. The third kappa shape index (κ3) is 4.52. The van der Waals surface area contributed by atoms with Crippen molar-refractivity contribution in [3.05, 3.63) is 83.2 Å². The minimum atomic E-state index is -0.585. The number of hydrogen-bond acceptors (Lipinski definition) is 5. The Hall–Kier alpha value is -3.59. The first kappa shape index (κ1) is 23.8. The Morgan fingerprint density at radius 3 is 2.62 bits per heavy atom. The molecule has 0 radical (unpaired) electrons. The summed E-state index contributed by atoms with van der Waals surface area (Å²) in [5, 5.41) is 3.08. The number of nitrogens with one attached hydrogen (secondary N) is 1. The summed E-state index contributed by atoms with van der Waals surface area (Å²) in [7, 11) is 0. The zero-order chi connectivity index (χ0) is 25.6. The molecule has 7 rings (SSSR count). The Balaban J connectivity index is 0.943. The molecule has 3 aliphatic carbocycles. The Morgan fingerprint density at radius 2 is 1.89 bits per heavy atom. The van der Waals surface area contributed by atoms with E-state index in [1.54, 1.807) is 4.90 Å². The van der Waals surface area contributed by atoms with E-state index in [2.05, 4.69) is 21.1 Å². The van der Waals surface area contributed by atoms with Crippen molar-refractivity contribution in [2.24, 2.45) is 0 Å². The predicted octanol–water partition coefficient (Wildman–Crippen LogP) is 4.24. The second kappa shape index (κ2) is 9.06. The molecule has 192 valence electrons. The number of benzene rings is 2. The van der Waals surface area contributed by atoms with Crippen molar-refractivity contribution in [3.8, 4) is 5.75 Å². The molecule has 2 aromatic carbocycles. The highest BCUT2D eigenvalue weighted by molar-refractivity contribution is 6.30. The molecule has 4 fully saturated rings. The summed E-state index contributed by atoms with van der Waals surface area (Å²) in [6, 6.07) is 13.7. The summed E-state index contributed by atoms with van der Waals surface area (Å²) in [4.78, 5) is 31.0. The second-order valence-electron chi connectivity index (χ2n) is 10.3. The van der Waals surface area contributed by atoms with Crippen LogP contribution in [-0.4, -0.2) is 51.7 Å². The van der Waals surface area contributed by atoms with Gasteiger partial charge in [-0.15, -0.1) is 0 Å². The number of carbonyl (C=O) groups is 2. The van der Waals surface area contributed by atoms with Gasteiger partial charge < -0.3 is 24.3 Å². The van der Waals surface area contributed by atoms with Gasteiger partial charge in [0.2, 0.25) is 0 Å². The summed E-state index contributed by atoms with van der Waals surface area (Å²) >= 11 is 5.67. The van der Waals surface area contributed by atoms with E-state index in [1.165, 1.54) is 12.1 Å². The predicted molar refractivity (Wildman–Crippen MR) is 133 cm³/mol. The lowest BCUT2D eigenvalue weighted by atomic mass is 9.44. The number of imidazole rings is 1. The maximum atomic E-state index is 13.5. The molecule has 2 heterocycles. The zero-order valence-electron chi connectivity index (χ0n) is 20.0. The maximum absolute atomic E-state index is 13.5. The number of carbonyl (C=O) groups excluding carboxylic acids is 2. The van der Waals surface area contributed by atoms with E-state index in [0.29, 0.717) is 13.1 Å². The highest BCUT2D eigenvalue weighted by Crippen LogP contribution is 2.65. The van der Waals surface area contributed by atoms with Crippen molar-refractivity contribution >= 4 is 23.6 Å². The smallest absolute Gasteiger partial charge is 0.410 e. The molecule has 0 spiro atoms. The van der Waals surface area contributed by atoms with Crippen LogP contribution in [0.1, 0.15) is 36.4 Å². The van der Waals surface area contributed by atoms with Gasteiger partial charge in [0.1, 0.15) is 18.2 Å². The molecule has 8 nitrogen and oxygen atoms in total. The average molecular weight is 525 g/mol. The van der Waals surface area contributed by atoms with Crippen molar-refractivity contribution in [1.82, 2.24) is 19.8 Å². The van der Waals surface area contributed by atoms with Crippen molar-refractivity contribution in [2.45, 2.75) is 42.9 Å². The fourth-order valence-electron chi connectivity index (χ4n) is 5.62. The van der Waals surface area contributed by atoms with Crippen LogP contribution < -0.4 is 10.1 Å². The van der Waals surface area contributed by atoms with Crippen LogP contribution in [0.3, 0.4) is 0 Å². The van der Waals surface area contributed by atoms with E-state index in [4.69, 9.17) is 21.1 Å². The fourth-order valence-corrected chi connectivity index (χ4v) is 5.74. The molecule has 37 heavy (non-hydrogen) atoms. The topological polar surface area (TPSA) is 85.7 Å². The third-order valence-electron chi connectivity index (χ3n) is 7.58. The van der Waals surface area contributed by atoms with E-state index in [9.17, 15) is 14.0 Å². The number of aromatic nitrogens is 2. The summed E-state index contributed by atoms with van der Waals surface area (Å²) in [5.74, 6) is -0.362. The molecule has 1 aromatic heterocycles. The first-order valence-corrected chi connectivity index (χ1v) is 12.6. The number of likely N-dealkylation sites (tertiary alicyclic amines) is 1. The van der Waals surface area contributed by atoms with Gasteiger partial charge >= 0.3 is 6.09 Å². The van der Waals surface area contributed by atoms with E-state index in [-0.39, 0.29) is 53.0 Å². The van der Waals surface area contributed by atoms with Crippen LogP contribution >= 0.6 is 11.6 Å². The van der Waals surface area contributed by atoms with E-state index < -0.39 is 5.82 Å². The van der Waals surface area contributed by atoms with Gasteiger partial charge in [-0.1, -0.05) is 41.9 Å². The quantitative estimate of drug-likeness (QED) is 0.476. The van der Waals surface area contributed by atoms with Gasteiger partial charge in [0.25, 0.3) is 5.91 Å². The molecule has 2 bridgehead atoms. The van der Waals surface area contributed by atoms with E-state index in [0.717, 1.165) is 36.6 Å². The lowest BCUT2D eigenvalue weighted by Gasteiger charge is -2.70. The first-order chi connectivity index (χ1) is 17.8. The molecular weight excluding hydrogens is 499 g/mol. The summed E-state index contributed by atoms with van der Waals surface area (Å²) in [6.45, 7) is 1.27. The van der Waals surface area contributed by atoms with Gasteiger partial charge in [-0.05, 0) is 37.0 Å². The van der Waals surface area contributed by atoms with Crippen LogP contribution in [0.15, 0.2) is 61.1 Å². The van der Waals surface area contributed by atoms with Gasteiger partial charge in [-0.3, -0.25) is 4.79 Å². The summed E-state index contributed by atoms with van der Waals surface area (Å²) < 4.78 is 26.5. The molecule has 1 aliphatic heterocycles.